The molecule has 0 aliphatic carbocycles. The first-order valence-electron chi connectivity index (χ1n) is 10.3. The highest BCUT2D eigenvalue weighted by atomic mass is 79.9. The van der Waals surface area contributed by atoms with Gasteiger partial charge in [-0.3, -0.25) is 0 Å². The van der Waals surface area contributed by atoms with E-state index in [-0.39, 0.29) is 12.0 Å². The van der Waals surface area contributed by atoms with Crippen LogP contribution in [0.15, 0.2) is 41.6 Å². The Kier molecular flexibility index (Phi) is 10.7. The molecule has 0 radical (unpaired) electrons. The standard InChI is InChI=1S/C22H32Br2N2O3/c1-3-29-21(27)19-17(2)25(15-9-7-13-23)22(28)26(16-10-8-14-24)20(19)18-11-5-4-6-12-18/h4-6,11-12,20,22,28H,3,7-10,13-16H2,1-2H3. The number of allylic oxidation sites excluding steroid dienone is 1. The van der Waals surface area contributed by atoms with Crippen LogP contribution in [0.2, 0.25) is 0 Å². The number of hydrogen-bond acceptors (Lipinski definition) is 5. The third kappa shape index (κ3) is 6.29. The summed E-state index contributed by atoms with van der Waals surface area (Å²) in [5, 5.41) is 13.1. The first-order valence-corrected chi connectivity index (χ1v) is 12.6. The van der Waals surface area contributed by atoms with Gasteiger partial charge in [0.25, 0.3) is 0 Å². The Balaban J connectivity index is 2.50. The highest BCUT2D eigenvalue weighted by molar-refractivity contribution is 9.09. The summed E-state index contributed by atoms with van der Waals surface area (Å²) in [4.78, 5) is 17.0. The first-order chi connectivity index (χ1) is 14.1. The third-order valence-electron chi connectivity index (χ3n) is 5.19. The van der Waals surface area contributed by atoms with E-state index in [4.69, 9.17) is 4.74 Å². The van der Waals surface area contributed by atoms with Gasteiger partial charge in [0.15, 0.2) is 6.35 Å². The number of rotatable bonds is 11. The van der Waals surface area contributed by atoms with E-state index in [1.807, 2.05) is 54.0 Å². The monoisotopic (exact) mass is 530 g/mol. The Morgan fingerprint density at radius 1 is 1.07 bits per heavy atom. The molecule has 1 aliphatic rings. The predicted molar refractivity (Wildman–Crippen MR) is 124 cm³/mol. The molecular weight excluding hydrogens is 500 g/mol. The summed E-state index contributed by atoms with van der Waals surface area (Å²) < 4.78 is 5.44. The van der Waals surface area contributed by atoms with Crippen LogP contribution in [-0.2, 0) is 9.53 Å². The highest BCUT2D eigenvalue weighted by Gasteiger charge is 2.42. The average Bonchev–Trinajstić information content (AvgIpc) is 2.72. The number of aliphatic hydroxyl groups is 1. The lowest BCUT2D eigenvalue weighted by Crippen LogP contribution is -2.55. The first kappa shape index (κ1) is 24.4. The summed E-state index contributed by atoms with van der Waals surface area (Å²) in [5.74, 6) is -0.304. The number of alkyl halides is 2. The van der Waals surface area contributed by atoms with Crippen molar-refractivity contribution in [3.63, 3.8) is 0 Å². The summed E-state index contributed by atoms with van der Waals surface area (Å²) in [6.45, 7) is 5.46. The maximum absolute atomic E-state index is 13.0. The second-order valence-electron chi connectivity index (χ2n) is 7.10. The van der Waals surface area contributed by atoms with E-state index in [1.54, 1.807) is 0 Å². The lowest BCUT2D eigenvalue weighted by atomic mass is 9.92. The van der Waals surface area contributed by atoms with E-state index in [0.717, 1.165) is 47.6 Å². The summed E-state index contributed by atoms with van der Waals surface area (Å²) in [7, 11) is 0. The zero-order chi connectivity index (χ0) is 21.2. The van der Waals surface area contributed by atoms with Crippen molar-refractivity contribution in [3.8, 4) is 0 Å². The van der Waals surface area contributed by atoms with E-state index in [9.17, 15) is 9.90 Å². The normalized spacial score (nSPS) is 20.2. The van der Waals surface area contributed by atoms with Gasteiger partial charge < -0.3 is 14.7 Å². The molecule has 0 aromatic heterocycles. The SMILES string of the molecule is CCOC(=O)C1=C(C)N(CCCCBr)C(O)N(CCCCBr)C1c1ccccc1. The Labute approximate surface area is 191 Å². The van der Waals surface area contributed by atoms with Gasteiger partial charge in [0.05, 0.1) is 18.2 Å². The van der Waals surface area contributed by atoms with E-state index >= 15 is 0 Å². The van der Waals surface area contributed by atoms with Crippen LogP contribution in [0, 0.1) is 0 Å². The van der Waals surface area contributed by atoms with Crippen LogP contribution < -0.4 is 0 Å². The smallest absolute Gasteiger partial charge is 0.337 e. The lowest BCUT2D eigenvalue weighted by Gasteiger charge is -2.47. The fourth-order valence-electron chi connectivity index (χ4n) is 3.76. The van der Waals surface area contributed by atoms with Crippen molar-refractivity contribution in [1.82, 2.24) is 9.80 Å². The molecule has 2 atom stereocenters. The van der Waals surface area contributed by atoms with Crippen molar-refractivity contribution in [2.75, 3.05) is 30.4 Å². The van der Waals surface area contributed by atoms with Crippen molar-refractivity contribution in [1.29, 1.82) is 0 Å². The fourth-order valence-corrected chi connectivity index (χ4v) is 4.55. The Morgan fingerprint density at radius 3 is 2.28 bits per heavy atom. The van der Waals surface area contributed by atoms with E-state index in [2.05, 4.69) is 31.9 Å². The lowest BCUT2D eigenvalue weighted by molar-refractivity contribution is -0.148. The molecular formula is C22H32Br2N2O3. The fraction of sp³-hybridized carbons (Fsp3) is 0.591. The molecule has 1 N–H and O–H groups in total. The summed E-state index contributed by atoms with van der Waals surface area (Å²) in [6, 6.07) is 9.61. The maximum atomic E-state index is 13.0. The van der Waals surface area contributed by atoms with Crippen LogP contribution in [0.5, 0.6) is 0 Å². The minimum atomic E-state index is -0.774. The maximum Gasteiger partial charge on any atom is 0.337 e. The Morgan fingerprint density at radius 2 is 1.69 bits per heavy atom. The second kappa shape index (κ2) is 12.7. The number of esters is 1. The molecule has 1 aliphatic heterocycles. The number of nitrogens with zero attached hydrogens (tertiary/aromatic N) is 2. The number of ether oxygens (including phenoxy) is 1. The van der Waals surface area contributed by atoms with E-state index < -0.39 is 6.35 Å². The molecule has 2 rings (SSSR count). The summed E-state index contributed by atoms with van der Waals surface area (Å²) >= 11 is 6.96. The van der Waals surface area contributed by atoms with Gasteiger partial charge in [0.1, 0.15) is 0 Å². The number of carbonyl (C=O) groups is 1. The zero-order valence-electron chi connectivity index (χ0n) is 17.3. The largest absolute Gasteiger partial charge is 0.463 e. The van der Waals surface area contributed by atoms with Gasteiger partial charge in [-0.15, -0.1) is 0 Å². The van der Waals surface area contributed by atoms with Crippen molar-refractivity contribution in [2.24, 2.45) is 0 Å². The molecule has 0 fully saturated rings. The number of carbonyl (C=O) groups excluding carboxylic acids is 1. The average molecular weight is 532 g/mol. The van der Waals surface area contributed by atoms with Gasteiger partial charge in [-0.25, -0.2) is 9.69 Å². The number of unbranched alkanes of at least 4 members (excludes halogenated alkanes) is 2. The van der Waals surface area contributed by atoms with Crippen molar-refractivity contribution in [2.45, 2.75) is 51.9 Å². The van der Waals surface area contributed by atoms with Gasteiger partial charge >= 0.3 is 5.97 Å². The number of benzene rings is 1. The molecule has 29 heavy (non-hydrogen) atoms. The molecule has 0 saturated heterocycles. The van der Waals surface area contributed by atoms with E-state index in [0.29, 0.717) is 25.3 Å². The van der Waals surface area contributed by atoms with Crippen LogP contribution >= 0.6 is 31.9 Å². The molecule has 1 aromatic rings. The molecule has 0 bridgehead atoms. The van der Waals surface area contributed by atoms with Gasteiger partial charge in [-0.1, -0.05) is 62.2 Å². The minimum Gasteiger partial charge on any atom is -0.463 e. The van der Waals surface area contributed by atoms with Crippen LogP contribution in [0.1, 0.15) is 51.1 Å². The second-order valence-corrected chi connectivity index (χ2v) is 8.69. The van der Waals surface area contributed by atoms with Gasteiger partial charge in [-0.05, 0) is 45.1 Å². The van der Waals surface area contributed by atoms with E-state index in [1.165, 1.54) is 0 Å². The van der Waals surface area contributed by atoms with Gasteiger partial charge in [0.2, 0.25) is 0 Å². The van der Waals surface area contributed by atoms with Crippen molar-refractivity contribution in [3.05, 3.63) is 47.2 Å². The van der Waals surface area contributed by atoms with Crippen LogP contribution in [0.4, 0.5) is 0 Å². The molecule has 1 heterocycles. The summed E-state index contributed by atoms with van der Waals surface area (Å²) in [5.41, 5.74) is 2.42. The molecule has 162 valence electrons. The van der Waals surface area contributed by atoms with Gasteiger partial charge in [0, 0.05) is 29.4 Å². The highest BCUT2D eigenvalue weighted by Crippen LogP contribution is 2.39. The predicted octanol–water partition coefficient (Wildman–Crippen LogP) is 4.81. The van der Waals surface area contributed by atoms with Crippen LogP contribution in [0.3, 0.4) is 0 Å². The molecule has 2 unspecified atom stereocenters. The minimum absolute atomic E-state index is 0.304. The molecule has 0 amide bonds. The summed E-state index contributed by atoms with van der Waals surface area (Å²) in [6.07, 6.45) is 3.10. The Bertz CT molecular complexity index is 669. The number of halogens is 2. The van der Waals surface area contributed by atoms with Crippen LogP contribution in [-0.4, -0.2) is 57.6 Å². The van der Waals surface area contributed by atoms with Crippen molar-refractivity contribution < 1.29 is 14.6 Å². The molecule has 0 saturated carbocycles. The molecule has 5 nitrogen and oxygen atoms in total. The molecule has 1 aromatic carbocycles. The quantitative estimate of drug-likeness (QED) is 0.252. The van der Waals surface area contributed by atoms with Crippen LogP contribution in [0.25, 0.3) is 0 Å². The third-order valence-corrected chi connectivity index (χ3v) is 6.32. The Hall–Kier alpha value is -0.890. The van der Waals surface area contributed by atoms with Crippen molar-refractivity contribution >= 4 is 37.8 Å². The zero-order valence-corrected chi connectivity index (χ0v) is 20.5. The molecule has 7 heteroatoms. The topological polar surface area (TPSA) is 53.0 Å². The van der Waals surface area contributed by atoms with Gasteiger partial charge in [-0.2, -0.15) is 0 Å². The number of aliphatic hydroxyl groups excluding tert-OH is 1. The number of hydrogen-bond donors (Lipinski definition) is 1. The molecule has 0 spiro atoms.